The Hall–Kier alpha value is -1.76. The van der Waals surface area contributed by atoms with Crippen molar-refractivity contribution in [1.82, 2.24) is 0 Å². The Morgan fingerprint density at radius 3 is 2.05 bits per heavy atom. The zero-order valence-corrected chi connectivity index (χ0v) is 12.7. The van der Waals surface area contributed by atoms with Crippen molar-refractivity contribution < 1.29 is 23.9 Å². The largest absolute Gasteiger partial charge is 0.377 e. The zero-order valence-electron chi connectivity index (χ0n) is 12.0. The maximum atomic E-state index is 12.0. The Kier molecular flexibility index (Phi) is 6.48. The number of halogens is 1. The molecule has 0 aliphatic rings. The first-order valence-corrected chi connectivity index (χ1v) is 6.43. The Bertz CT molecular complexity index is 571. The molecule has 1 amide bonds. The van der Waals surface area contributed by atoms with Crippen LogP contribution in [0.15, 0.2) is 12.1 Å². The second-order valence-electron chi connectivity index (χ2n) is 4.27. The minimum atomic E-state index is -0.367. The van der Waals surface area contributed by atoms with Crippen LogP contribution in [-0.4, -0.2) is 44.9 Å². The molecule has 1 N–H and O–H groups in total. The van der Waals surface area contributed by atoms with Gasteiger partial charge in [-0.05, 0) is 12.1 Å². The van der Waals surface area contributed by atoms with E-state index in [1.807, 2.05) is 0 Å². The van der Waals surface area contributed by atoms with Crippen LogP contribution in [0, 0.1) is 0 Å². The summed E-state index contributed by atoms with van der Waals surface area (Å²) >= 11 is 6.03. The van der Waals surface area contributed by atoms with Gasteiger partial charge in [0.05, 0.1) is 10.7 Å². The molecule has 0 aromatic heterocycles. The van der Waals surface area contributed by atoms with Crippen LogP contribution in [0.1, 0.15) is 27.6 Å². The lowest BCUT2D eigenvalue weighted by molar-refractivity contribution is -0.114. The topological polar surface area (TPSA) is 81.7 Å². The van der Waals surface area contributed by atoms with Gasteiger partial charge in [-0.1, -0.05) is 11.6 Å². The molecule has 0 heterocycles. The molecule has 7 heteroatoms. The molecule has 0 saturated heterocycles. The van der Waals surface area contributed by atoms with Gasteiger partial charge >= 0.3 is 0 Å². The Balaban J connectivity index is 3.31. The molecule has 0 aliphatic heterocycles. The third-order valence-corrected chi connectivity index (χ3v) is 2.88. The summed E-state index contributed by atoms with van der Waals surface area (Å²) in [4.78, 5) is 35.1. The highest BCUT2D eigenvalue weighted by atomic mass is 35.5. The standard InChI is InChI=1S/C14H16ClNO5/c1-8(17)16-12-5-9(13(18)6-20-2)11(15)4-10(12)14(19)7-21-3/h4-5H,6-7H2,1-3H3,(H,16,17). The van der Waals surface area contributed by atoms with Crippen molar-refractivity contribution in [2.24, 2.45) is 0 Å². The van der Waals surface area contributed by atoms with Gasteiger partial charge in [-0.2, -0.15) is 0 Å². The minimum absolute atomic E-state index is 0.116. The van der Waals surface area contributed by atoms with E-state index in [2.05, 4.69) is 5.32 Å². The first-order valence-electron chi connectivity index (χ1n) is 6.06. The molecule has 1 rings (SSSR count). The van der Waals surface area contributed by atoms with Crippen molar-refractivity contribution in [3.8, 4) is 0 Å². The third-order valence-electron chi connectivity index (χ3n) is 2.57. The number of amides is 1. The summed E-state index contributed by atoms with van der Waals surface area (Å²) in [5.74, 6) is -1.07. The number of nitrogens with one attached hydrogen (secondary N) is 1. The average molecular weight is 314 g/mol. The van der Waals surface area contributed by atoms with E-state index in [0.29, 0.717) is 0 Å². The van der Waals surface area contributed by atoms with Crippen molar-refractivity contribution in [2.45, 2.75) is 6.92 Å². The van der Waals surface area contributed by atoms with E-state index in [4.69, 9.17) is 21.1 Å². The van der Waals surface area contributed by atoms with Crippen LogP contribution in [0.2, 0.25) is 5.02 Å². The molecule has 21 heavy (non-hydrogen) atoms. The van der Waals surface area contributed by atoms with Gasteiger partial charge in [-0.15, -0.1) is 0 Å². The van der Waals surface area contributed by atoms with Crippen molar-refractivity contribution >= 4 is 34.8 Å². The van der Waals surface area contributed by atoms with Crippen LogP contribution in [0.5, 0.6) is 0 Å². The molecule has 0 unspecified atom stereocenters. The summed E-state index contributed by atoms with van der Waals surface area (Å²) in [6, 6.07) is 2.71. The summed E-state index contributed by atoms with van der Waals surface area (Å²) in [5.41, 5.74) is 0.579. The predicted octanol–water partition coefficient (Wildman–Crippen LogP) is 1.96. The van der Waals surface area contributed by atoms with E-state index in [1.165, 1.54) is 33.3 Å². The number of carbonyl (C=O) groups is 3. The highest BCUT2D eigenvalue weighted by molar-refractivity contribution is 6.34. The second kappa shape index (κ2) is 7.87. The highest BCUT2D eigenvalue weighted by Gasteiger charge is 2.19. The van der Waals surface area contributed by atoms with Gasteiger partial charge in [0.1, 0.15) is 13.2 Å². The SMILES string of the molecule is COCC(=O)c1cc(NC(C)=O)c(C(=O)COC)cc1Cl. The van der Waals surface area contributed by atoms with E-state index < -0.39 is 0 Å². The number of anilines is 1. The molecule has 1 aromatic rings. The Morgan fingerprint density at radius 2 is 1.57 bits per heavy atom. The number of carbonyl (C=O) groups excluding carboxylic acids is 3. The Morgan fingerprint density at radius 1 is 1.05 bits per heavy atom. The molecule has 0 fully saturated rings. The van der Waals surface area contributed by atoms with Gasteiger partial charge in [-0.3, -0.25) is 14.4 Å². The monoisotopic (exact) mass is 313 g/mol. The quantitative estimate of drug-likeness (QED) is 0.778. The maximum absolute atomic E-state index is 12.0. The first kappa shape index (κ1) is 17.3. The Labute approximate surface area is 127 Å². The summed E-state index contributed by atoms with van der Waals surface area (Å²) in [6.07, 6.45) is 0. The first-order chi connectivity index (χ1) is 9.90. The predicted molar refractivity (Wildman–Crippen MR) is 78.2 cm³/mol. The summed E-state index contributed by atoms with van der Waals surface area (Å²) in [7, 11) is 2.77. The van der Waals surface area contributed by atoms with E-state index in [1.54, 1.807) is 0 Å². The van der Waals surface area contributed by atoms with E-state index in [9.17, 15) is 14.4 Å². The van der Waals surface area contributed by atoms with Crippen LogP contribution in [0.25, 0.3) is 0 Å². The fourth-order valence-electron chi connectivity index (χ4n) is 1.73. The van der Waals surface area contributed by atoms with Crippen LogP contribution < -0.4 is 5.32 Å². The smallest absolute Gasteiger partial charge is 0.221 e. The number of ether oxygens (including phenoxy) is 2. The molecule has 0 radical (unpaired) electrons. The van der Waals surface area contributed by atoms with Gasteiger partial charge in [-0.25, -0.2) is 0 Å². The van der Waals surface area contributed by atoms with Gasteiger partial charge in [0.15, 0.2) is 11.6 Å². The number of benzene rings is 1. The van der Waals surface area contributed by atoms with Crippen LogP contribution in [-0.2, 0) is 14.3 Å². The minimum Gasteiger partial charge on any atom is -0.377 e. The van der Waals surface area contributed by atoms with E-state index >= 15 is 0 Å². The second-order valence-corrected chi connectivity index (χ2v) is 4.68. The van der Waals surface area contributed by atoms with Crippen molar-refractivity contribution in [2.75, 3.05) is 32.8 Å². The molecule has 1 aromatic carbocycles. The number of hydrogen-bond acceptors (Lipinski definition) is 5. The molecule has 6 nitrogen and oxygen atoms in total. The zero-order chi connectivity index (χ0) is 16.0. The summed E-state index contributed by atoms with van der Waals surface area (Å²) in [6.45, 7) is 0.995. The van der Waals surface area contributed by atoms with E-state index in [0.717, 1.165) is 0 Å². The lowest BCUT2D eigenvalue weighted by atomic mass is 10.0. The molecule has 0 atom stereocenters. The van der Waals surface area contributed by atoms with E-state index in [-0.39, 0.29) is 52.5 Å². The van der Waals surface area contributed by atoms with Crippen LogP contribution >= 0.6 is 11.6 Å². The lowest BCUT2D eigenvalue weighted by Gasteiger charge is -2.12. The van der Waals surface area contributed by atoms with Crippen molar-refractivity contribution in [3.05, 3.63) is 28.3 Å². The fraction of sp³-hybridized carbons (Fsp3) is 0.357. The number of methoxy groups -OCH3 is 2. The molecular formula is C14H16ClNO5. The molecule has 0 spiro atoms. The van der Waals surface area contributed by atoms with Crippen LogP contribution in [0.4, 0.5) is 5.69 Å². The molecule has 114 valence electrons. The number of Topliss-reactive ketones (excluding diaryl/α,β-unsaturated/α-hetero) is 2. The van der Waals surface area contributed by atoms with Gasteiger partial charge in [0, 0.05) is 32.3 Å². The van der Waals surface area contributed by atoms with Crippen LogP contribution in [0.3, 0.4) is 0 Å². The third kappa shape index (κ3) is 4.63. The summed E-state index contributed by atoms with van der Waals surface area (Å²) in [5, 5.41) is 2.63. The fourth-order valence-corrected chi connectivity index (χ4v) is 2.00. The number of hydrogen-bond donors (Lipinski definition) is 1. The lowest BCUT2D eigenvalue weighted by Crippen LogP contribution is -2.16. The molecule has 0 aliphatic carbocycles. The van der Waals surface area contributed by atoms with Gasteiger partial charge in [0.2, 0.25) is 5.91 Å². The molecule has 0 bridgehead atoms. The highest BCUT2D eigenvalue weighted by Crippen LogP contribution is 2.26. The van der Waals surface area contributed by atoms with Gasteiger partial charge < -0.3 is 14.8 Å². The normalized spacial score (nSPS) is 10.3. The number of ketones is 2. The number of rotatable bonds is 7. The van der Waals surface area contributed by atoms with Crippen molar-refractivity contribution in [1.29, 1.82) is 0 Å². The molecule has 0 saturated carbocycles. The maximum Gasteiger partial charge on any atom is 0.221 e. The molecular weight excluding hydrogens is 298 g/mol. The summed E-state index contributed by atoms with van der Waals surface area (Å²) < 4.78 is 9.55. The van der Waals surface area contributed by atoms with Crippen molar-refractivity contribution in [3.63, 3.8) is 0 Å². The van der Waals surface area contributed by atoms with Gasteiger partial charge in [0.25, 0.3) is 0 Å². The average Bonchev–Trinajstić information content (AvgIpc) is 2.40.